The van der Waals surface area contributed by atoms with Crippen LogP contribution in [0, 0.1) is 0 Å². The summed E-state index contributed by atoms with van der Waals surface area (Å²) in [6.45, 7) is 0.117. The maximum absolute atomic E-state index is 10.5. The first-order valence-electron chi connectivity index (χ1n) is 5.82. The molecule has 1 N–H and O–H groups in total. The molecule has 0 spiro atoms. The lowest BCUT2D eigenvalue weighted by Gasteiger charge is -2.41. The maximum Gasteiger partial charge on any atom is 0.231 e. The van der Waals surface area contributed by atoms with E-state index in [1.807, 2.05) is 0 Å². The summed E-state index contributed by atoms with van der Waals surface area (Å²) in [5.74, 6) is 1.09. The molecule has 2 rings (SSSR count). The van der Waals surface area contributed by atoms with Gasteiger partial charge in [0.1, 0.15) is 4.84 Å². The fraction of sp³-hybridized carbons (Fsp3) is 0.500. The number of fused-ring (bicyclic) bond motifs is 1. The summed E-state index contributed by atoms with van der Waals surface area (Å²) >= 11 is 41.5. The SMILES string of the molecule is OC(Cl)(Cc1ccc2c(c1)OCO2)C(Cl)(Cl)C(Cl)(Cl)C(Cl)Cl. The van der Waals surface area contributed by atoms with Crippen molar-refractivity contribution < 1.29 is 14.6 Å². The Balaban J connectivity index is 2.27. The van der Waals surface area contributed by atoms with Crippen molar-refractivity contribution in [2.75, 3.05) is 6.79 Å². The molecule has 0 fully saturated rings. The van der Waals surface area contributed by atoms with Crippen LogP contribution in [0.25, 0.3) is 0 Å². The third kappa shape index (κ3) is 3.43. The molecule has 10 heteroatoms. The average Bonchev–Trinajstić information content (AvgIpc) is 2.84. The van der Waals surface area contributed by atoms with Gasteiger partial charge in [0.15, 0.2) is 25.2 Å². The van der Waals surface area contributed by atoms with Gasteiger partial charge < -0.3 is 14.6 Å². The van der Waals surface area contributed by atoms with Crippen LogP contribution in [-0.4, -0.2) is 30.5 Å². The number of hydrogen-bond donors (Lipinski definition) is 1. The quantitative estimate of drug-likeness (QED) is 0.641. The smallest absolute Gasteiger partial charge is 0.231 e. The Morgan fingerprint density at radius 3 is 2.23 bits per heavy atom. The highest BCUT2D eigenvalue weighted by Crippen LogP contribution is 2.55. The van der Waals surface area contributed by atoms with Crippen molar-refractivity contribution in [2.45, 2.75) is 25.0 Å². The molecule has 0 amide bonds. The van der Waals surface area contributed by atoms with Crippen molar-refractivity contribution in [1.29, 1.82) is 0 Å². The topological polar surface area (TPSA) is 38.7 Å². The van der Waals surface area contributed by atoms with E-state index in [-0.39, 0.29) is 13.2 Å². The van der Waals surface area contributed by atoms with Gasteiger partial charge in [-0.15, -0.1) is 23.2 Å². The summed E-state index contributed by atoms with van der Waals surface area (Å²) in [5.41, 5.74) is 0.567. The van der Waals surface area contributed by atoms with Gasteiger partial charge in [0.05, 0.1) is 0 Å². The molecule has 0 aromatic heterocycles. The monoisotopic (exact) mass is 446 g/mol. The predicted octanol–water partition coefficient (Wildman–Crippen LogP) is 5.04. The second-order valence-electron chi connectivity index (χ2n) is 4.62. The molecule has 1 aliphatic rings. The second-order valence-corrected chi connectivity index (χ2v) is 9.06. The Bertz CT molecular complexity index is 560. The van der Waals surface area contributed by atoms with Crippen molar-refractivity contribution >= 4 is 81.2 Å². The zero-order chi connectivity index (χ0) is 16.8. The summed E-state index contributed by atoms with van der Waals surface area (Å²) in [4.78, 5) is -1.40. The van der Waals surface area contributed by atoms with Crippen molar-refractivity contribution in [3.63, 3.8) is 0 Å². The summed E-state index contributed by atoms with van der Waals surface area (Å²) in [5, 5.41) is 8.22. The normalized spacial score (nSPS) is 17.7. The standard InChI is InChI=1S/C12H9Cl7O3/c13-9(14)11(16,17)12(18,19)10(15,20)4-6-1-2-7-8(3-6)22-5-21-7/h1-3,9,20H,4-5H2. The minimum atomic E-state index is -2.27. The molecule has 1 heterocycles. The zero-order valence-corrected chi connectivity index (χ0v) is 15.9. The van der Waals surface area contributed by atoms with Crippen LogP contribution < -0.4 is 9.47 Å². The van der Waals surface area contributed by atoms with E-state index >= 15 is 0 Å². The van der Waals surface area contributed by atoms with E-state index in [2.05, 4.69) is 0 Å². The van der Waals surface area contributed by atoms with Crippen molar-refractivity contribution in [1.82, 2.24) is 0 Å². The molecule has 0 aliphatic carbocycles. The summed E-state index contributed by atoms with van der Waals surface area (Å²) in [6, 6.07) is 4.95. The Morgan fingerprint density at radius 1 is 1.05 bits per heavy atom. The third-order valence-electron chi connectivity index (χ3n) is 3.05. The Hall–Kier alpha value is 0.810. The molecule has 3 nitrogen and oxygen atoms in total. The van der Waals surface area contributed by atoms with E-state index in [9.17, 15) is 5.11 Å². The predicted molar refractivity (Wildman–Crippen MR) is 91.4 cm³/mol. The fourth-order valence-electron chi connectivity index (χ4n) is 1.82. The summed E-state index contributed by atoms with van der Waals surface area (Å²) < 4.78 is 6.04. The highest BCUT2D eigenvalue weighted by Gasteiger charge is 2.63. The van der Waals surface area contributed by atoms with Crippen LogP contribution in [0.2, 0.25) is 0 Å². The number of halogens is 7. The molecule has 1 atom stereocenters. The lowest BCUT2D eigenvalue weighted by atomic mass is 10.0. The molecule has 1 aliphatic heterocycles. The number of aliphatic hydroxyl groups is 1. The van der Waals surface area contributed by atoms with E-state index in [0.29, 0.717) is 17.1 Å². The van der Waals surface area contributed by atoms with Crippen LogP contribution in [-0.2, 0) is 6.42 Å². The van der Waals surface area contributed by atoms with E-state index < -0.39 is 18.6 Å². The van der Waals surface area contributed by atoms with Crippen LogP contribution in [0.1, 0.15) is 5.56 Å². The van der Waals surface area contributed by atoms with Crippen molar-refractivity contribution in [3.8, 4) is 11.5 Å². The average molecular weight is 449 g/mol. The number of benzene rings is 1. The zero-order valence-electron chi connectivity index (χ0n) is 10.6. The highest BCUT2D eigenvalue weighted by atomic mass is 35.5. The van der Waals surface area contributed by atoms with Gasteiger partial charge in [-0.1, -0.05) is 64.1 Å². The lowest BCUT2D eigenvalue weighted by molar-refractivity contribution is 0.105. The third-order valence-corrected chi connectivity index (χ3v) is 7.37. The van der Waals surface area contributed by atoms with Crippen LogP contribution in [0.4, 0.5) is 0 Å². The Kier molecular flexibility index (Phi) is 5.75. The van der Waals surface area contributed by atoms with Crippen LogP contribution >= 0.6 is 81.2 Å². The number of rotatable bonds is 5. The molecule has 124 valence electrons. The van der Waals surface area contributed by atoms with Gasteiger partial charge in [-0.25, -0.2) is 0 Å². The van der Waals surface area contributed by atoms with Gasteiger partial charge in [0.25, 0.3) is 0 Å². The fourth-order valence-corrected chi connectivity index (χ4v) is 3.44. The van der Waals surface area contributed by atoms with Gasteiger partial charge in [-0.3, -0.25) is 0 Å². The van der Waals surface area contributed by atoms with Crippen LogP contribution in [0.5, 0.6) is 11.5 Å². The first-order chi connectivity index (χ1) is 9.99. The first kappa shape index (κ1) is 19.1. The van der Waals surface area contributed by atoms with Gasteiger partial charge in [0, 0.05) is 6.42 Å². The molecule has 1 aromatic rings. The molecule has 0 radical (unpaired) electrons. The first-order valence-corrected chi connectivity index (χ1v) is 8.59. The van der Waals surface area contributed by atoms with Crippen LogP contribution in [0.3, 0.4) is 0 Å². The van der Waals surface area contributed by atoms with E-state index in [1.165, 1.54) is 0 Å². The largest absolute Gasteiger partial charge is 0.454 e. The Morgan fingerprint density at radius 2 is 1.64 bits per heavy atom. The molecule has 1 aromatic carbocycles. The van der Waals surface area contributed by atoms with E-state index in [4.69, 9.17) is 90.7 Å². The number of hydrogen-bond acceptors (Lipinski definition) is 3. The van der Waals surface area contributed by atoms with Gasteiger partial charge in [-0.2, -0.15) is 0 Å². The second kappa shape index (κ2) is 6.61. The van der Waals surface area contributed by atoms with Crippen LogP contribution in [0.15, 0.2) is 18.2 Å². The summed E-state index contributed by atoms with van der Waals surface area (Å²) in [7, 11) is 0. The highest BCUT2D eigenvalue weighted by molar-refractivity contribution is 6.69. The summed E-state index contributed by atoms with van der Waals surface area (Å²) in [6.07, 6.45) is -0.195. The molecule has 0 saturated carbocycles. The minimum absolute atomic E-state index is 0.117. The van der Waals surface area contributed by atoms with Crippen molar-refractivity contribution in [3.05, 3.63) is 23.8 Å². The molecule has 0 bridgehead atoms. The molecule has 0 saturated heterocycles. The van der Waals surface area contributed by atoms with Crippen molar-refractivity contribution in [2.24, 2.45) is 0 Å². The van der Waals surface area contributed by atoms with E-state index in [0.717, 1.165) is 0 Å². The van der Waals surface area contributed by atoms with E-state index in [1.54, 1.807) is 18.2 Å². The number of alkyl halides is 7. The molecular weight excluding hydrogens is 440 g/mol. The Labute approximate surface area is 162 Å². The number of ether oxygens (including phenoxy) is 2. The lowest BCUT2D eigenvalue weighted by Crippen LogP contribution is -2.56. The van der Waals surface area contributed by atoms with Gasteiger partial charge in [-0.05, 0) is 17.7 Å². The van der Waals surface area contributed by atoms with Gasteiger partial charge >= 0.3 is 0 Å². The molecular formula is C12H9Cl7O3. The molecule has 22 heavy (non-hydrogen) atoms. The molecule has 1 unspecified atom stereocenters. The van der Waals surface area contributed by atoms with Gasteiger partial charge in [0.2, 0.25) is 6.79 Å². The maximum atomic E-state index is 10.5. The minimum Gasteiger partial charge on any atom is -0.454 e.